The minimum Gasteiger partial charge on any atom is -0.497 e. The van der Waals surface area contributed by atoms with Crippen molar-refractivity contribution in [3.63, 3.8) is 0 Å². The van der Waals surface area contributed by atoms with Gasteiger partial charge in [-0.2, -0.15) is 0 Å². The number of rotatable bonds is 8. The van der Waals surface area contributed by atoms with Crippen molar-refractivity contribution in [3.05, 3.63) is 95.7 Å². The molecule has 4 aromatic rings. The van der Waals surface area contributed by atoms with Crippen molar-refractivity contribution < 1.29 is 17.9 Å². The van der Waals surface area contributed by atoms with Crippen LogP contribution in [0.4, 0.5) is 5.69 Å². The molecule has 7 nitrogen and oxygen atoms in total. The number of carbonyl (C=O) groups is 1. The Morgan fingerprint density at radius 3 is 2.63 bits per heavy atom. The number of anilines is 1. The Balaban J connectivity index is 1.44. The van der Waals surface area contributed by atoms with Gasteiger partial charge in [0, 0.05) is 18.1 Å². The van der Waals surface area contributed by atoms with Gasteiger partial charge in [-0.1, -0.05) is 42.5 Å². The van der Waals surface area contributed by atoms with Crippen molar-refractivity contribution >= 4 is 32.5 Å². The predicted molar refractivity (Wildman–Crippen MR) is 135 cm³/mol. The number of fused-ring (bicyclic) bond motifs is 1. The maximum absolute atomic E-state index is 13.3. The lowest BCUT2D eigenvalue weighted by Gasteiger charge is -2.15. The van der Waals surface area contributed by atoms with Crippen LogP contribution in [-0.2, 0) is 16.6 Å². The van der Waals surface area contributed by atoms with E-state index in [1.165, 1.54) is 30.9 Å². The molecule has 1 aromatic heterocycles. The van der Waals surface area contributed by atoms with E-state index in [1.54, 1.807) is 36.5 Å². The number of hydrogen-bond donors (Lipinski definition) is 2. The first kappa shape index (κ1) is 22.9. The van der Waals surface area contributed by atoms with Crippen molar-refractivity contribution in [1.29, 1.82) is 0 Å². The molecule has 1 aliphatic rings. The molecule has 5 rings (SSSR count). The molecular weight excluding hydrogens is 462 g/mol. The Morgan fingerprint density at radius 2 is 1.83 bits per heavy atom. The second kappa shape index (κ2) is 9.38. The van der Waals surface area contributed by atoms with Crippen LogP contribution in [0.15, 0.2) is 83.9 Å². The van der Waals surface area contributed by atoms with Crippen LogP contribution in [0, 0.1) is 0 Å². The molecule has 1 saturated carbocycles. The number of pyridine rings is 1. The fraction of sp³-hybridized carbons (Fsp3) is 0.185. The van der Waals surface area contributed by atoms with E-state index in [0.717, 1.165) is 18.4 Å². The molecule has 0 radical (unpaired) electrons. The lowest BCUT2D eigenvalue weighted by Crippen LogP contribution is -2.25. The van der Waals surface area contributed by atoms with Crippen LogP contribution in [0.5, 0.6) is 5.75 Å². The molecule has 1 aliphatic carbocycles. The van der Waals surface area contributed by atoms with E-state index >= 15 is 0 Å². The van der Waals surface area contributed by atoms with Gasteiger partial charge < -0.3 is 10.1 Å². The molecule has 0 aliphatic heterocycles. The maximum Gasteiger partial charge on any atom is 0.264 e. The van der Waals surface area contributed by atoms with E-state index in [2.05, 4.69) is 21.1 Å². The molecular formula is C27H25N3O4S. The lowest BCUT2D eigenvalue weighted by molar-refractivity contribution is 0.0951. The second-order valence-corrected chi connectivity index (χ2v) is 10.2. The van der Waals surface area contributed by atoms with Gasteiger partial charge in [0.15, 0.2) is 0 Å². The van der Waals surface area contributed by atoms with Gasteiger partial charge in [0.2, 0.25) is 0 Å². The molecule has 2 N–H and O–H groups in total. The number of methoxy groups -OCH3 is 1. The summed E-state index contributed by atoms with van der Waals surface area (Å²) in [6, 6.07) is 21.3. The predicted octanol–water partition coefficient (Wildman–Crippen LogP) is 4.85. The Bertz CT molecular complexity index is 1510. The molecule has 1 fully saturated rings. The highest BCUT2D eigenvalue weighted by Crippen LogP contribution is 2.41. The van der Waals surface area contributed by atoms with E-state index < -0.39 is 15.9 Å². The first-order valence-electron chi connectivity index (χ1n) is 11.4. The summed E-state index contributed by atoms with van der Waals surface area (Å²) < 4.78 is 34.5. The fourth-order valence-electron chi connectivity index (χ4n) is 4.18. The highest BCUT2D eigenvalue weighted by atomic mass is 32.2. The summed E-state index contributed by atoms with van der Waals surface area (Å²) >= 11 is 0. The first-order chi connectivity index (χ1) is 17.0. The summed E-state index contributed by atoms with van der Waals surface area (Å²) in [6.45, 7) is 0.349. The van der Waals surface area contributed by atoms with Gasteiger partial charge in [-0.3, -0.25) is 14.5 Å². The molecule has 3 aromatic carbocycles. The third-order valence-corrected chi connectivity index (χ3v) is 7.51. The largest absolute Gasteiger partial charge is 0.497 e. The Labute approximate surface area is 204 Å². The van der Waals surface area contributed by atoms with Crippen LogP contribution in [-0.4, -0.2) is 26.4 Å². The van der Waals surface area contributed by atoms with Crippen molar-refractivity contribution in [1.82, 2.24) is 10.3 Å². The van der Waals surface area contributed by atoms with Crippen molar-refractivity contribution in [2.24, 2.45) is 0 Å². The van der Waals surface area contributed by atoms with Crippen LogP contribution in [0.2, 0.25) is 0 Å². The van der Waals surface area contributed by atoms with Crippen LogP contribution in [0.3, 0.4) is 0 Å². The fourth-order valence-corrected chi connectivity index (χ4v) is 5.44. The van der Waals surface area contributed by atoms with Crippen LogP contribution < -0.4 is 14.8 Å². The number of amides is 1. The normalized spacial score (nSPS) is 13.4. The molecule has 35 heavy (non-hydrogen) atoms. The monoisotopic (exact) mass is 487 g/mol. The molecule has 0 saturated heterocycles. The zero-order chi connectivity index (χ0) is 24.4. The van der Waals surface area contributed by atoms with Crippen molar-refractivity contribution in [3.8, 4) is 5.75 Å². The van der Waals surface area contributed by atoms with E-state index in [9.17, 15) is 13.2 Å². The van der Waals surface area contributed by atoms with Crippen LogP contribution in [0.1, 0.15) is 40.2 Å². The van der Waals surface area contributed by atoms with Gasteiger partial charge in [-0.15, -0.1) is 0 Å². The SMILES string of the molecule is COc1ccc(NS(=O)(=O)c2cccc3cccnc23)c(C(=O)NCc2ccccc2C2CC2)c1. The summed E-state index contributed by atoms with van der Waals surface area (Å²) in [4.78, 5) is 17.5. The number of benzene rings is 3. The highest BCUT2D eigenvalue weighted by molar-refractivity contribution is 7.93. The van der Waals surface area contributed by atoms with Gasteiger partial charge in [0.25, 0.3) is 15.9 Å². The molecule has 0 unspecified atom stereocenters. The number of para-hydroxylation sites is 1. The van der Waals surface area contributed by atoms with Gasteiger partial charge in [-0.25, -0.2) is 8.42 Å². The van der Waals surface area contributed by atoms with E-state index in [1.807, 2.05) is 18.2 Å². The van der Waals surface area contributed by atoms with Gasteiger partial charge in [-0.05, 0) is 60.2 Å². The molecule has 8 heteroatoms. The number of ether oxygens (including phenoxy) is 1. The zero-order valence-electron chi connectivity index (χ0n) is 19.2. The number of nitrogens with one attached hydrogen (secondary N) is 2. The molecule has 0 bridgehead atoms. The summed E-state index contributed by atoms with van der Waals surface area (Å²) in [7, 11) is -2.53. The van der Waals surface area contributed by atoms with E-state index in [4.69, 9.17) is 4.74 Å². The van der Waals surface area contributed by atoms with Gasteiger partial charge in [0.05, 0.1) is 23.9 Å². The quantitative estimate of drug-likeness (QED) is 0.370. The molecule has 1 amide bonds. The highest BCUT2D eigenvalue weighted by Gasteiger charge is 2.26. The van der Waals surface area contributed by atoms with Gasteiger partial charge >= 0.3 is 0 Å². The van der Waals surface area contributed by atoms with Crippen LogP contribution in [0.25, 0.3) is 10.9 Å². The molecule has 178 valence electrons. The Kier molecular flexibility index (Phi) is 6.13. The minimum absolute atomic E-state index is 0.0381. The maximum atomic E-state index is 13.3. The summed E-state index contributed by atoms with van der Waals surface area (Å²) in [5.41, 5.74) is 3.01. The topological polar surface area (TPSA) is 97.4 Å². The number of hydrogen-bond acceptors (Lipinski definition) is 5. The van der Waals surface area contributed by atoms with E-state index in [0.29, 0.717) is 29.1 Å². The Morgan fingerprint density at radius 1 is 1.03 bits per heavy atom. The zero-order valence-corrected chi connectivity index (χ0v) is 20.0. The third kappa shape index (κ3) is 4.83. The number of aromatic nitrogens is 1. The lowest BCUT2D eigenvalue weighted by atomic mass is 10.0. The van der Waals surface area contributed by atoms with Crippen molar-refractivity contribution in [2.45, 2.75) is 30.2 Å². The summed E-state index contributed by atoms with van der Waals surface area (Å²) in [5, 5.41) is 3.65. The number of sulfonamides is 1. The van der Waals surface area contributed by atoms with Gasteiger partial charge in [0.1, 0.15) is 10.6 Å². The van der Waals surface area contributed by atoms with Crippen molar-refractivity contribution in [2.75, 3.05) is 11.8 Å². The molecule has 0 spiro atoms. The van der Waals surface area contributed by atoms with E-state index in [-0.39, 0.29) is 16.1 Å². The molecule has 1 heterocycles. The minimum atomic E-state index is -4.03. The summed E-state index contributed by atoms with van der Waals surface area (Å²) in [5.74, 6) is 0.600. The first-order valence-corrected chi connectivity index (χ1v) is 12.9. The number of carbonyl (C=O) groups excluding carboxylic acids is 1. The second-order valence-electron chi connectivity index (χ2n) is 8.50. The average molecular weight is 488 g/mol. The average Bonchev–Trinajstić information content (AvgIpc) is 3.72. The smallest absolute Gasteiger partial charge is 0.264 e. The third-order valence-electron chi connectivity index (χ3n) is 6.11. The number of nitrogens with zero attached hydrogens (tertiary/aromatic N) is 1. The molecule has 0 atom stereocenters. The standard InChI is InChI=1S/C27H25N3O4S/c1-34-21-13-14-24(30-35(32,33)25-10-4-7-19-8-5-15-28-26(19)25)23(16-21)27(31)29-17-20-6-2-3-9-22(20)18-11-12-18/h2-10,13-16,18,30H,11-12,17H2,1H3,(H,29,31). The Hall–Kier alpha value is -3.91. The van der Waals surface area contributed by atoms with Crippen LogP contribution >= 0.6 is 0 Å². The summed E-state index contributed by atoms with van der Waals surface area (Å²) in [6.07, 6.45) is 3.87.